The van der Waals surface area contributed by atoms with E-state index in [1.807, 2.05) is 31.2 Å². The topological polar surface area (TPSA) is 39.1 Å². The summed E-state index contributed by atoms with van der Waals surface area (Å²) in [5, 5.41) is 3.34. The molecule has 0 radical (unpaired) electrons. The first kappa shape index (κ1) is 13.6. The predicted molar refractivity (Wildman–Crippen MR) is 76.6 cm³/mol. The molecule has 1 unspecified atom stereocenters. The third-order valence-corrected chi connectivity index (χ3v) is 3.40. The molecule has 1 aromatic heterocycles. The number of hydrogen-bond acceptors (Lipinski definition) is 3. The molecule has 1 atom stereocenters. The largest absolute Gasteiger partial charge is 0.496 e. The third-order valence-electron chi connectivity index (χ3n) is 3.40. The molecule has 1 aromatic carbocycles. The van der Waals surface area contributed by atoms with Gasteiger partial charge in [0.05, 0.1) is 25.2 Å². The molecule has 0 saturated heterocycles. The van der Waals surface area contributed by atoms with Gasteiger partial charge in [0, 0.05) is 13.2 Å². The summed E-state index contributed by atoms with van der Waals surface area (Å²) in [6, 6.07) is 4.35. The maximum atomic E-state index is 5.36. The van der Waals surface area contributed by atoms with Crippen LogP contribution in [0.2, 0.25) is 0 Å². The summed E-state index contributed by atoms with van der Waals surface area (Å²) in [6.07, 6.45) is 3.87. The molecule has 0 aliphatic carbocycles. The van der Waals surface area contributed by atoms with Crippen molar-refractivity contribution in [3.8, 4) is 5.75 Å². The number of methoxy groups -OCH3 is 1. The summed E-state index contributed by atoms with van der Waals surface area (Å²) >= 11 is 0. The zero-order valence-corrected chi connectivity index (χ0v) is 12.2. The molecule has 102 valence electrons. The summed E-state index contributed by atoms with van der Waals surface area (Å²) in [6.45, 7) is 4.16. The number of ether oxygens (including phenoxy) is 1. The van der Waals surface area contributed by atoms with Crippen molar-refractivity contribution in [1.82, 2.24) is 14.9 Å². The second-order valence-electron chi connectivity index (χ2n) is 4.86. The van der Waals surface area contributed by atoms with E-state index in [-0.39, 0.29) is 6.04 Å². The fourth-order valence-corrected chi connectivity index (χ4v) is 2.39. The Bertz CT molecular complexity index is 575. The molecule has 0 fully saturated rings. The number of rotatable bonds is 4. The minimum Gasteiger partial charge on any atom is -0.496 e. The van der Waals surface area contributed by atoms with E-state index in [1.54, 1.807) is 7.11 Å². The Kier molecular flexibility index (Phi) is 3.90. The fourth-order valence-electron chi connectivity index (χ4n) is 2.39. The van der Waals surface area contributed by atoms with E-state index in [9.17, 15) is 0 Å². The molecular weight excluding hydrogens is 238 g/mol. The van der Waals surface area contributed by atoms with Gasteiger partial charge in [-0.1, -0.05) is 6.07 Å². The number of nitrogens with zero attached hydrogens (tertiary/aromatic N) is 2. The van der Waals surface area contributed by atoms with Crippen LogP contribution in [0.15, 0.2) is 24.7 Å². The first-order chi connectivity index (χ1) is 9.06. The van der Waals surface area contributed by atoms with Gasteiger partial charge in [0.15, 0.2) is 0 Å². The van der Waals surface area contributed by atoms with Gasteiger partial charge in [-0.25, -0.2) is 4.98 Å². The molecular formula is C15H21N3O. The molecule has 19 heavy (non-hydrogen) atoms. The van der Waals surface area contributed by atoms with Crippen molar-refractivity contribution in [2.75, 3.05) is 14.2 Å². The van der Waals surface area contributed by atoms with Crippen LogP contribution in [0.25, 0.3) is 0 Å². The number of benzene rings is 1. The summed E-state index contributed by atoms with van der Waals surface area (Å²) in [7, 11) is 5.64. The highest BCUT2D eigenvalue weighted by Gasteiger charge is 2.18. The summed E-state index contributed by atoms with van der Waals surface area (Å²) in [5.74, 6) is 0.928. The highest BCUT2D eigenvalue weighted by atomic mass is 16.5. The van der Waals surface area contributed by atoms with Crippen molar-refractivity contribution in [3.63, 3.8) is 0 Å². The van der Waals surface area contributed by atoms with E-state index >= 15 is 0 Å². The van der Waals surface area contributed by atoms with Gasteiger partial charge in [-0.3, -0.25) is 0 Å². The van der Waals surface area contributed by atoms with Gasteiger partial charge >= 0.3 is 0 Å². The quantitative estimate of drug-likeness (QED) is 0.916. The Morgan fingerprint density at radius 3 is 2.53 bits per heavy atom. The van der Waals surface area contributed by atoms with Crippen LogP contribution in [-0.2, 0) is 7.05 Å². The first-order valence-electron chi connectivity index (χ1n) is 6.37. The van der Waals surface area contributed by atoms with Gasteiger partial charge in [-0.05, 0) is 43.7 Å². The molecule has 0 spiro atoms. The lowest BCUT2D eigenvalue weighted by Crippen LogP contribution is -2.19. The van der Waals surface area contributed by atoms with Crippen molar-refractivity contribution in [2.45, 2.75) is 19.9 Å². The van der Waals surface area contributed by atoms with E-state index in [1.165, 1.54) is 11.1 Å². The molecule has 0 amide bonds. The third kappa shape index (κ3) is 2.63. The van der Waals surface area contributed by atoms with Crippen LogP contribution in [-0.4, -0.2) is 23.7 Å². The SMILES string of the molecule is CNC(c1cn(C)cn1)c1cc(C)c(OC)cc1C. The van der Waals surface area contributed by atoms with Gasteiger partial charge in [-0.2, -0.15) is 0 Å². The minimum absolute atomic E-state index is 0.103. The Balaban J connectivity index is 2.47. The van der Waals surface area contributed by atoms with Gasteiger partial charge < -0.3 is 14.6 Å². The zero-order valence-electron chi connectivity index (χ0n) is 12.2. The van der Waals surface area contributed by atoms with Gasteiger partial charge in [-0.15, -0.1) is 0 Å². The molecule has 1 N–H and O–H groups in total. The minimum atomic E-state index is 0.103. The van der Waals surface area contributed by atoms with Gasteiger partial charge in [0.25, 0.3) is 0 Å². The second-order valence-corrected chi connectivity index (χ2v) is 4.86. The Morgan fingerprint density at radius 2 is 2.00 bits per heavy atom. The smallest absolute Gasteiger partial charge is 0.122 e. The van der Waals surface area contributed by atoms with Crippen molar-refractivity contribution in [2.24, 2.45) is 7.05 Å². The van der Waals surface area contributed by atoms with Gasteiger partial charge in [0.2, 0.25) is 0 Å². The number of aromatic nitrogens is 2. The highest BCUT2D eigenvalue weighted by Crippen LogP contribution is 2.29. The Hall–Kier alpha value is -1.81. The van der Waals surface area contributed by atoms with Gasteiger partial charge in [0.1, 0.15) is 5.75 Å². The normalized spacial score (nSPS) is 12.5. The average Bonchev–Trinajstić information content (AvgIpc) is 2.80. The molecule has 0 bridgehead atoms. The van der Waals surface area contributed by atoms with Crippen LogP contribution in [0.5, 0.6) is 5.75 Å². The second kappa shape index (κ2) is 5.45. The molecule has 0 aliphatic rings. The Labute approximate surface area is 114 Å². The van der Waals surface area contributed by atoms with Crippen LogP contribution >= 0.6 is 0 Å². The summed E-state index contributed by atoms with van der Waals surface area (Å²) in [4.78, 5) is 4.45. The van der Waals surface area contributed by atoms with E-state index in [0.717, 1.165) is 17.0 Å². The maximum Gasteiger partial charge on any atom is 0.122 e. The van der Waals surface area contributed by atoms with Crippen LogP contribution in [0.1, 0.15) is 28.4 Å². The highest BCUT2D eigenvalue weighted by molar-refractivity contribution is 5.44. The van der Waals surface area contributed by atoms with E-state index < -0.39 is 0 Å². The van der Waals surface area contributed by atoms with E-state index in [4.69, 9.17) is 4.74 Å². The first-order valence-corrected chi connectivity index (χ1v) is 6.37. The predicted octanol–water partition coefficient (Wildman–Crippen LogP) is 2.35. The lowest BCUT2D eigenvalue weighted by atomic mass is 9.96. The average molecular weight is 259 g/mol. The lowest BCUT2D eigenvalue weighted by Gasteiger charge is -2.19. The molecule has 4 nitrogen and oxygen atoms in total. The zero-order chi connectivity index (χ0) is 14.0. The molecule has 4 heteroatoms. The number of aryl methyl sites for hydroxylation is 3. The number of imidazole rings is 1. The monoisotopic (exact) mass is 259 g/mol. The van der Waals surface area contributed by atoms with Crippen LogP contribution in [0.3, 0.4) is 0 Å². The van der Waals surface area contributed by atoms with Crippen LogP contribution in [0.4, 0.5) is 0 Å². The standard InChI is InChI=1S/C15H21N3O/c1-10-7-14(19-5)11(2)6-12(10)15(16-3)13-8-18(4)9-17-13/h6-9,15-16H,1-5H3. The fraction of sp³-hybridized carbons (Fsp3) is 0.400. The van der Waals surface area contributed by atoms with Crippen molar-refractivity contribution >= 4 is 0 Å². The van der Waals surface area contributed by atoms with Crippen molar-refractivity contribution in [1.29, 1.82) is 0 Å². The van der Waals surface area contributed by atoms with Crippen LogP contribution in [0, 0.1) is 13.8 Å². The molecule has 2 aromatic rings. The molecule has 2 rings (SSSR count). The maximum absolute atomic E-state index is 5.36. The number of hydrogen-bond donors (Lipinski definition) is 1. The number of nitrogens with one attached hydrogen (secondary N) is 1. The molecule has 0 aliphatic heterocycles. The van der Waals surface area contributed by atoms with Crippen molar-refractivity contribution < 1.29 is 4.74 Å². The Morgan fingerprint density at radius 1 is 1.26 bits per heavy atom. The molecule has 0 saturated carbocycles. The van der Waals surface area contributed by atoms with Crippen molar-refractivity contribution in [3.05, 3.63) is 47.0 Å². The van der Waals surface area contributed by atoms with Crippen LogP contribution < -0.4 is 10.1 Å². The molecule has 1 heterocycles. The van der Waals surface area contributed by atoms with E-state index in [2.05, 4.69) is 36.3 Å². The summed E-state index contributed by atoms with van der Waals surface area (Å²) < 4.78 is 7.33. The lowest BCUT2D eigenvalue weighted by molar-refractivity contribution is 0.411. The van der Waals surface area contributed by atoms with E-state index in [0.29, 0.717) is 0 Å². The summed E-state index contributed by atoms with van der Waals surface area (Å²) in [5.41, 5.74) is 4.60.